The smallest absolute Gasteiger partial charge is 0.339 e. The molecule has 0 unspecified atom stereocenters. The summed E-state index contributed by atoms with van der Waals surface area (Å²) in [6.07, 6.45) is 3.40. The molecule has 78 valence electrons. The monoisotopic (exact) mass is 206 g/mol. The molecule has 0 aromatic carbocycles. The van der Waals surface area contributed by atoms with Crippen LogP contribution < -0.4 is 0 Å². The van der Waals surface area contributed by atoms with Crippen molar-refractivity contribution in [3.63, 3.8) is 0 Å². The molecule has 0 radical (unpaired) electrons. The van der Waals surface area contributed by atoms with Crippen LogP contribution in [0.5, 0.6) is 0 Å². The van der Waals surface area contributed by atoms with Crippen LogP contribution in [0.1, 0.15) is 16.1 Å². The summed E-state index contributed by atoms with van der Waals surface area (Å²) in [5.41, 5.74) is 0.960. The van der Waals surface area contributed by atoms with Crippen LogP contribution in [0.3, 0.4) is 0 Å². The van der Waals surface area contributed by atoms with Crippen molar-refractivity contribution < 1.29 is 14.3 Å². The third-order valence-corrected chi connectivity index (χ3v) is 2.14. The van der Waals surface area contributed by atoms with Crippen LogP contribution in [0.2, 0.25) is 0 Å². The SMILES string of the molecule is Cc1oc(-c2cnn(C)c2)cc1C(=O)O. The summed E-state index contributed by atoms with van der Waals surface area (Å²) in [5.74, 6) is -0.0502. The van der Waals surface area contributed by atoms with E-state index in [9.17, 15) is 4.79 Å². The normalized spacial score (nSPS) is 10.5. The first-order chi connectivity index (χ1) is 7.08. The Balaban J connectivity index is 2.46. The van der Waals surface area contributed by atoms with Crippen LogP contribution in [-0.2, 0) is 7.05 Å². The molecule has 0 saturated heterocycles. The van der Waals surface area contributed by atoms with Gasteiger partial charge in [0.15, 0.2) is 0 Å². The second-order valence-electron chi connectivity index (χ2n) is 3.29. The van der Waals surface area contributed by atoms with Crippen molar-refractivity contribution in [2.24, 2.45) is 7.05 Å². The van der Waals surface area contributed by atoms with Crippen molar-refractivity contribution in [1.29, 1.82) is 0 Å². The third kappa shape index (κ3) is 1.63. The fourth-order valence-electron chi connectivity index (χ4n) is 1.39. The van der Waals surface area contributed by atoms with E-state index in [4.69, 9.17) is 9.52 Å². The Kier molecular flexibility index (Phi) is 2.07. The number of carbonyl (C=O) groups is 1. The van der Waals surface area contributed by atoms with Crippen LogP contribution in [0.15, 0.2) is 22.9 Å². The molecule has 0 spiro atoms. The number of aromatic carboxylic acids is 1. The zero-order chi connectivity index (χ0) is 11.0. The molecular weight excluding hydrogens is 196 g/mol. The molecule has 2 aromatic heterocycles. The highest BCUT2D eigenvalue weighted by molar-refractivity contribution is 5.90. The molecular formula is C10H10N2O3. The summed E-state index contributed by atoms with van der Waals surface area (Å²) in [6, 6.07) is 1.51. The molecule has 0 fully saturated rings. The lowest BCUT2D eigenvalue weighted by Crippen LogP contribution is -1.94. The summed E-state index contributed by atoms with van der Waals surface area (Å²) < 4.78 is 6.97. The fraction of sp³-hybridized carbons (Fsp3) is 0.200. The van der Waals surface area contributed by atoms with Gasteiger partial charge in [0.1, 0.15) is 17.1 Å². The minimum Gasteiger partial charge on any atom is -0.478 e. The molecule has 0 bridgehead atoms. The molecule has 5 nitrogen and oxygen atoms in total. The lowest BCUT2D eigenvalue weighted by molar-refractivity contribution is 0.0695. The van der Waals surface area contributed by atoms with E-state index in [0.29, 0.717) is 11.5 Å². The molecule has 0 saturated carbocycles. The van der Waals surface area contributed by atoms with Crippen LogP contribution in [0.25, 0.3) is 11.3 Å². The summed E-state index contributed by atoms with van der Waals surface area (Å²) in [6.45, 7) is 1.63. The Morgan fingerprint density at radius 3 is 2.80 bits per heavy atom. The van der Waals surface area contributed by atoms with E-state index in [1.54, 1.807) is 31.0 Å². The van der Waals surface area contributed by atoms with Crippen molar-refractivity contribution >= 4 is 5.97 Å². The first-order valence-electron chi connectivity index (χ1n) is 4.40. The van der Waals surface area contributed by atoms with Gasteiger partial charge in [0.25, 0.3) is 0 Å². The average molecular weight is 206 g/mol. The molecule has 2 rings (SSSR count). The Bertz CT molecular complexity index is 510. The zero-order valence-corrected chi connectivity index (χ0v) is 8.39. The largest absolute Gasteiger partial charge is 0.478 e. The number of carboxylic acid groups (broad SMARTS) is 1. The van der Waals surface area contributed by atoms with E-state index in [2.05, 4.69) is 5.10 Å². The van der Waals surface area contributed by atoms with Crippen LogP contribution in [-0.4, -0.2) is 20.9 Å². The molecule has 5 heteroatoms. The van der Waals surface area contributed by atoms with Crippen molar-refractivity contribution in [3.05, 3.63) is 29.8 Å². The number of aryl methyl sites for hydroxylation is 2. The van der Waals surface area contributed by atoms with Gasteiger partial charge in [-0.1, -0.05) is 0 Å². The minimum absolute atomic E-state index is 0.189. The highest BCUT2D eigenvalue weighted by atomic mass is 16.4. The van der Waals surface area contributed by atoms with Gasteiger partial charge in [-0.25, -0.2) is 4.79 Å². The van der Waals surface area contributed by atoms with Gasteiger partial charge >= 0.3 is 5.97 Å². The predicted molar refractivity (Wildman–Crippen MR) is 52.6 cm³/mol. The predicted octanol–water partition coefficient (Wildman–Crippen LogP) is 1.69. The quantitative estimate of drug-likeness (QED) is 0.811. The lowest BCUT2D eigenvalue weighted by Gasteiger charge is -1.87. The van der Waals surface area contributed by atoms with Gasteiger partial charge in [0.05, 0.1) is 11.8 Å². The Hall–Kier alpha value is -2.04. The highest BCUT2D eigenvalue weighted by Crippen LogP contribution is 2.24. The number of furan rings is 1. The maximum absolute atomic E-state index is 10.8. The molecule has 15 heavy (non-hydrogen) atoms. The Morgan fingerprint density at radius 1 is 1.60 bits per heavy atom. The molecule has 0 aliphatic heterocycles. The van der Waals surface area contributed by atoms with Gasteiger partial charge in [-0.2, -0.15) is 5.10 Å². The lowest BCUT2D eigenvalue weighted by atomic mass is 10.2. The molecule has 0 aliphatic rings. The number of hydrogen-bond donors (Lipinski definition) is 1. The van der Waals surface area contributed by atoms with Crippen LogP contribution in [0, 0.1) is 6.92 Å². The van der Waals surface area contributed by atoms with Gasteiger partial charge in [-0.05, 0) is 13.0 Å². The van der Waals surface area contributed by atoms with E-state index in [1.807, 2.05) is 0 Å². The van der Waals surface area contributed by atoms with E-state index < -0.39 is 5.97 Å². The minimum atomic E-state index is -0.980. The fourth-order valence-corrected chi connectivity index (χ4v) is 1.39. The van der Waals surface area contributed by atoms with Gasteiger partial charge in [0, 0.05) is 13.2 Å². The van der Waals surface area contributed by atoms with E-state index >= 15 is 0 Å². The van der Waals surface area contributed by atoms with Crippen molar-refractivity contribution in [1.82, 2.24) is 9.78 Å². The highest BCUT2D eigenvalue weighted by Gasteiger charge is 2.15. The third-order valence-electron chi connectivity index (χ3n) is 2.14. The Labute approximate surface area is 85.9 Å². The number of carboxylic acids is 1. The van der Waals surface area contributed by atoms with E-state index in [0.717, 1.165) is 5.56 Å². The molecule has 0 atom stereocenters. The first kappa shape index (κ1) is 9.51. The zero-order valence-electron chi connectivity index (χ0n) is 8.39. The van der Waals surface area contributed by atoms with Crippen LogP contribution in [0.4, 0.5) is 0 Å². The van der Waals surface area contributed by atoms with E-state index in [1.165, 1.54) is 6.07 Å². The standard InChI is InChI=1S/C10H10N2O3/c1-6-8(10(13)14)3-9(15-6)7-4-11-12(2)5-7/h3-5H,1-2H3,(H,13,14). The van der Waals surface area contributed by atoms with Gasteiger partial charge < -0.3 is 9.52 Å². The summed E-state index contributed by atoms with van der Waals surface area (Å²) >= 11 is 0. The van der Waals surface area contributed by atoms with Crippen molar-refractivity contribution in [2.45, 2.75) is 6.92 Å². The summed E-state index contributed by atoms with van der Waals surface area (Å²) in [5, 5.41) is 12.8. The maximum atomic E-state index is 10.8. The second kappa shape index (κ2) is 3.27. The van der Waals surface area contributed by atoms with E-state index in [-0.39, 0.29) is 5.56 Å². The van der Waals surface area contributed by atoms with Gasteiger partial charge in [0.2, 0.25) is 0 Å². The first-order valence-corrected chi connectivity index (χ1v) is 4.40. The molecule has 0 aliphatic carbocycles. The summed E-state index contributed by atoms with van der Waals surface area (Å²) in [4.78, 5) is 10.8. The van der Waals surface area contributed by atoms with Crippen LogP contribution >= 0.6 is 0 Å². The van der Waals surface area contributed by atoms with Gasteiger partial charge in [-0.15, -0.1) is 0 Å². The van der Waals surface area contributed by atoms with Gasteiger partial charge in [-0.3, -0.25) is 4.68 Å². The Morgan fingerprint density at radius 2 is 2.33 bits per heavy atom. The maximum Gasteiger partial charge on any atom is 0.339 e. The second-order valence-corrected chi connectivity index (χ2v) is 3.29. The molecule has 2 aromatic rings. The van der Waals surface area contributed by atoms with Crippen molar-refractivity contribution in [3.8, 4) is 11.3 Å². The average Bonchev–Trinajstić information content (AvgIpc) is 2.71. The number of hydrogen-bond acceptors (Lipinski definition) is 3. The molecule has 1 N–H and O–H groups in total. The molecule has 2 heterocycles. The van der Waals surface area contributed by atoms with Crippen molar-refractivity contribution in [2.75, 3.05) is 0 Å². The molecule has 0 amide bonds. The summed E-state index contributed by atoms with van der Waals surface area (Å²) in [7, 11) is 1.79. The topological polar surface area (TPSA) is 68.3 Å². The number of aromatic nitrogens is 2. The number of rotatable bonds is 2. The number of nitrogens with zero attached hydrogens (tertiary/aromatic N) is 2.